The molecule has 6 nitrogen and oxygen atoms in total. The lowest BCUT2D eigenvalue weighted by molar-refractivity contribution is 0.0742. The van der Waals surface area contributed by atoms with Gasteiger partial charge in [-0.1, -0.05) is 0 Å². The molecular weight excluding hydrogens is 280 g/mol. The molecule has 0 spiro atoms. The molecule has 4 rings (SSSR count). The first-order chi connectivity index (χ1) is 10.7. The quantitative estimate of drug-likeness (QED) is 0.889. The number of hydrogen-bond acceptors (Lipinski definition) is 4. The van der Waals surface area contributed by atoms with Crippen molar-refractivity contribution in [1.82, 2.24) is 20.4 Å². The molecule has 2 saturated heterocycles. The lowest BCUT2D eigenvalue weighted by atomic mass is 10.1. The number of nitrogens with zero attached hydrogens (tertiary/aromatic N) is 2. The molecular formula is C16H20N4O2. The van der Waals surface area contributed by atoms with Crippen molar-refractivity contribution in [2.75, 3.05) is 13.1 Å². The number of likely N-dealkylation sites (tertiary alicyclic amines) is 1. The fourth-order valence-electron chi connectivity index (χ4n) is 3.43. The molecule has 0 aromatic carbocycles. The van der Waals surface area contributed by atoms with E-state index in [2.05, 4.69) is 15.5 Å². The molecule has 2 N–H and O–H groups in total. The lowest BCUT2D eigenvalue weighted by Crippen LogP contribution is -2.39. The molecule has 4 heterocycles. The number of rotatable bonds is 2. The highest BCUT2D eigenvalue weighted by Crippen LogP contribution is 2.23. The molecule has 2 aliphatic rings. The molecule has 22 heavy (non-hydrogen) atoms. The minimum absolute atomic E-state index is 0.000119. The molecule has 0 saturated carbocycles. The van der Waals surface area contributed by atoms with E-state index in [1.807, 2.05) is 24.0 Å². The highest BCUT2D eigenvalue weighted by Gasteiger charge is 2.32. The fraction of sp³-hybridized carbons (Fsp3) is 0.500. The number of hydrogen-bond donors (Lipinski definition) is 2. The summed E-state index contributed by atoms with van der Waals surface area (Å²) in [4.78, 5) is 14.6. The number of H-pyrrole nitrogens is 1. The van der Waals surface area contributed by atoms with Crippen LogP contribution in [0.4, 0.5) is 0 Å². The Hall–Kier alpha value is -2.08. The van der Waals surface area contributed by atoms with Gasteiger partial charge in [-0.25, -0.2) is 0 Å². The van der Waals surface area contributed by atoms with Gasteiger partial charge >= 0.3 is 0 Å². The van der Waals surface area contributed by atoms with Gasteiger partial charge in [-0.05, 0) is 38.3 Å². The Labute approximate surface area is 128 Å². The molecule has 116 valence electrons. The first-order valence-electron chi connectivity index (χ1n) is 7.86. The summed E-state index contributed by atoms with van der Waals surface area (Å²) in [7, 11) is 0. The van der Waals surface area contributed by atoms with Gasteiger partial charge < -0.3 is 14.6 Å². The van der Waals surface area contributed by atoms with E-state index < -0.39 is 0 Å². The van der Waals surface area contributed by atoms with E-state index in [0.717, 1.165) is 37.4 Å². The summed E-state index contributed by atoms with van der Waals surface area (Å²) in [6.07, 6.45) is 3.42. The van der Waals surface area contributed by atoms with Gasteiger partial charge in [-0.2, -0.15) is 5.10 Å². The molecule has 2 aromatic rings. The maximum absolute atomic E-state index is 12.7. The van der Waals surface area contributed by atoms with Crippen molar-refractivity contribution in [3.8, 4) is 11.5 Å². The summed E-state index contributed by atoms with van der Waals surface area (Å²) in [6.45, 7) is 3.47. The normalized spacial score (nSPS) is 24.5. The molecule has 2 unspecified atom stereocenters. The first kappa shape index (κ1) is 13.6. The Morgan fingerprint density at radius 1 is 1.32 bits per heavy atom. The number of aryl methyl sites for hydroxylation is 1. The summed E-state index contributed by atoms with van der Waals surface area (Å²) in [5.41, 5.74) is 1.20. The van der Waals surface area contributed by atoms with E-state index in [1.165, 1.54) is 6.42 Å². The Balaban J connectivity index is 1.52. The smallest absolute Gasteiger partial charge is 0.274 e. The lowest BCUT2D eigenvalue weighted by Gasteiger charge is -2.23. The second kappa shape index (κ2) is 5.28. The topological polar surface area (TPSA) is 74.2 Å². The maximum atomic E-state index is 12.7. The van der Waals surface area contributed by atoms with Crippen LogP contribution >= 0.6 is 0 Å². The van der Waals surface area contributed by atoms with Crippen LogP contribution in [0.15, 0.2) is 22.6 Å². The second-order valence-corrected chi connectivity index (χ2v) is 6.25. The standard InChI is InChI=1S/C16H20N4O2/c1-10-2-5-15(22-10)13-8-14(19-18-13)16(21)20-7-6-11-3-4-12(9-20)17-11/h2,5,8,11-12,17H,3-4,6-7,9H2,1H3,(H,18,19). The number of carbonyl (C=O) groups is 1. The molecule has 2 aromatic heterocycles. The third-order valence-electron chi connectivity index (χ3n) is 4.61. The Morgan fingerprint density at radius 3 is 3.00 bits per heavy atom. The van der Waals surface area contributed by atoms with Gasteiger partial charge in [0, 0.05) is 31.2 Å². The molecule has 0 aliphatic carbocycles. The van der Waals surface area contributed by atoms with E-state index in [0.29, 0.717) is 23.5 Å². The number of fused-ring (bicyclic) bond motifs is 2. The minimum atomic E-state index is 0.000119. The van der Waals surface area contributed by atoms with Crippen molar-refractivity contribution in [3.05, 3.63) is 29.7 Å². The fourth-order valence-corrected chi connectivity index (χ4v) is 3.43. The summed E-state index contributed by atoms with van der Waals surface area (Å²) in [5.74, 6) is 1.55. The molecule has 2 atom stereocenters. The van der Waals surface area contributed by atoms with Gasteiger partial charge in [0.1, 0.15) is 11.5 Å². The Morgan fingerprint density at radius 2 is 2.18 bits per heavy atom. The van der Waals surface area contributed by atoms with Gasteiger partial charge in [0.05, 0.1) is 0 Å². The molecule has 2 aliphatic heterocycles. The van der Waals surface area contributed by atoms with E-state index in [1.54, 1.807) is 6.07 Å². The number of aromatic amines is 1. The summed E-state index contributed by atoms with van der Waals surface area (Å²) in [6, 6.07) is 6.56. The van der Waals surface area contributed by atoms with Gasteiger partial charge in [0.25, 0.3) is 5.91 Å². The van der Waals surface area contributed by atoms with Crippen LogP contribution in [0.1, 0.15) is 35.5 Å². The first-order valence-corrected chi connectivity index (χ1v) is 7.86. The van der Waals surface area contributed by atoms with Gasteiger partial charge in [0.15, 0.2) is 11.5 Å². The van der Waals surface area contributed by atoms with Crippen LogP contribution in [-0.2, 0) is 0 Å². The van der Waals surface area contributed by atoms with Crippen molar-refractivity contribution in [2.24, 2.45) is 0 Å². The van der Waals surface area contributed by atoms with Crippen molar-refractivity contribution >= 4 is 5.91 Å². The predicted molar refractivity (Wildman–Crippen MR) is 81.5 cm³/mol. The van der Waals surface area contributed by atoms with Crippen molar-refractivity contribution in [1.29, 1.82) is 0 Å². The average Bonchev–Trinajstić information content (AvgIpc) is 3.18. The number of amides is 1. The molecule has 0 radical (unpaired) electrons. The zero-order valence-electron chi connectivity index (χ0n) is 12.6. The number of aromatic nitrogens is 2. The maximum Gasteiger partial charge on any atom is 0.274 e. The van der Waals surface area contributed by atoms with Crippen LogP contribution in [0.3, 0.4) is 0 Å². The monoisotopic (exact) mass is 300 g/mol. The van der Waals surface area contributed by atoms with Crippen molar-refractivity contribution < 1.29 is 9.21 Å². The van der Waals surface area contributed by atoms with Crippen LogP contribution < -0.4 is 5.32 Å². The largest absolute Gasteiger partial charge is 0.460 e. The highest BCUT2D eigenvalue weighted by molar-refractivity contribution is 5.93. The number of furan rings is 1. The molecule has 2 bridgehead atoms. The van der Waals surface area contributed by atoms with Crippen LogP contribution in [0, 0.1) is 6.92 Å². The predicted octanol–water partition coefficient (Wildman–Crippen LogP) is 1.94. The van der Waals surface area contributed by atoms with E-state index in [4.69, 9.17) is 4.42 Å². The van der Waals surface area contributed by atoms with E-state index >= 15 is 0 Å². The number of nitrogens with one attached hydrogen (secondary N) is 2. The van der Waals surface area contributed by atoms with Crippen molar-refractivity contribution in [2.45, 2.75) is 38.3 Å². The summed E-state index contributed by atoms with van der Waals surface area (Å²) < 4.78 is 5.56. The zero-order valence-corrected chi connectivity index (χ0v) is 12.6. The average molecular weight is 300 g/mol. The van der Waals surface area contributed by atoms with Crippen LogP contribution in [-0.4, -0.2) is 46.2 Å². The van der Waals surface area contributed by atoms with E-state index in [-0.39, 0.29) is 5.91 Å². The third-order valence-corrected chi connectivity index (χ3v) is 4.61. The second-order valence-electron chi connectivity index (χ2n) is 6.25. The molecule has 6 heteroatoms. The number of carbonyl (C=O) groups excluding carboxylic acids is 1. The van der Waals surface area contributed by atoms with Gasteiger partial charge in [-0.3, -0.25) is 9.89 Å². The summed E-state index contributed by atoms with van der Waals surface area (Å²) in [5, 5.41) is 10.7. The SMILES string of the molecule is Cc1ccc(-c2cc(C(=O)N3CCC4CCC(C3)N4)n[nH]2)o1. The van der Waals surface area contributed by atoms with Gasteiger partial charge in [0.2, 0.25) is 0 Å². The third kappa shape index (κ3) is 2.43. The Kier molecular flexibility index (Phi) is 3.26. The van der Waals surface area contributed by atoms with Crippen molar-refractivity contribution in [3.63, 3.8) is 0 Å². The minimum Gasteiger partial charge on any atom is -0.460 e. The van der Waals surface area contributed by atoms with E-state index in [9.17, 15) is 4.79 Å². The highest BCUT2D eigenvalue weighted by atomic mass is 16.3. The van der Waals surface area contributed by atoms with Gasteiger partial charge in [-0.15, -0.1) is 0 Å². The Bertz CT molecular complexity index is 690. The van der Waals surface area contributed by atoms with Crippen LogP contribution in [0.5, 0.6) is 0 Å². The molecule has 2 fully saturated rings. The van der Waals surface area contributed by atoms with Crippen LogP contribution in [0.2, 0.25) is 0 Å². The summed E-state index contributed by atoms with van der Waals surface area (Å²) >= 11 is 0. The zero-order chi connectivity index (χ0) is 15.1. The molecule has 1 amide bonds. The van der Waals surface area contributed by atoms with Crippen LogP contribution in [0.25, 0.3) is 11.5 Å².